The molecule has 4 fully saturated rings. The molecule has 26 heavy (non-hydrogen) atoms. The highest BCUT2D eigenvalue weighted by Gasteiger charge is 2.80. The van der Waals surface area contributed by atoms with Gasteiger partial charge in [-0.1, -0.05) is 6.07 Å². The van der Waals surface area contributed by atoms with Gasteiger partial charge in [0.1, 0.15) is 17.5 Å². The molecule has 6 aliphatic rings. The summed E-state index contributed by atoms with van der Waals surface area (Å²) in [6.45, 7) is 2.57. The number of Topliss-reactive ketones (excluding diaryl/α,β-unsaturated/α-hetero) is 1. The maximum absolute atomic E-state index is 12.5. The van der Waals surface area contributed by atoms with Crippen LogP contribution in [0.2, 0.25) is 0 Å². The van der Waals surface area contributed by atoms with E-state index >= 15 is 0 Å². The van der Waals surface area contributed by atoms with Gasteiger partial charge in [-0.25, -0.2) is 0 Å². The van der Waals surface area contributed by atoms with Crippen molar-refractivity contribution in [2.75, 3.05) is 13.6 Å². The van der Waals surface area contributed by atoms with Crippen molar-refractivity contribution >= 4 is 5.78 Å². The Bertz CT molecular complexity index is 868. The van der Waals surface area contributed by atoms with E-state index in [-0.39, 0.29) is 28.3 Å². The van der Waals surface area contributed by atoms with Gasteiger partial charge in [-0.3, -0.25) is 4.79 Å². The maximum Gasteiger partial charge on any atom is 0.165 e. The van der Waals surface area contributed by atoms with E-state index in [4.69, 9.17) is 4.74 Å². The van der Waals surface area contributed by atoms with Gasteiger partial charge < -0.3 is 19.8 Å². The molecule has 1 aromatic rings. The number of hydrogen-bond acceptors (Lipinski definition) is 5. The Morgan fingerprint density at radius 1 is 1.31 bits per heavy atom. The lowest BCUT2D eigenvalue weighted by Crippen LogP contribution is -2.80. The Hall–Kier alpha value is -1.59. The molecule has 0 unspecified atom stereocenters. The van der Waals surface area contributed by atoms with Crippen molar-refractivity contribution < 1.29 is 19.7 Å². The third-order valence-electron chi connectivity index (χ3n) is 8.77. The topological polar surface area (TPSA) is 70.0 Å². The second kappa shape index (κ2) is 4.28. The minimum absolute atomic E-state index is 0.0580. The monoisotopic (exact) mass is 355 g/mol. The first-order valence-corrected chi connectivity index (χ1v) is 9.80. The number of phenolic OH excluding ortho intramolecular Hbond substituents is 1. The van der Waals surface area contributed by atoms with Crippen molar-refractivity contribution in [2.45, 2.75) is 62.2 Å². The third kappa shape index (κ3) is 1.31. The van der Waals surface area contributed by atoms with E-state index in [0.29, 0.717) is 18.2 Å². The smallest absolute Gasteiger partial charge is 0.165 e. The zero-order valence-corrected chi connectivity index (χ0v) is 15.3. The van der Waals surface area contributed by atoms with Crippen molar-refractivity contribution in [3.63, 3.8) is 0 Å². The molecule has 0 radical (unpaired) electrons. The molecule has 4 bridgehead atoms. The molecule has 2 spiro atoms. The average molecular weight is 355 g/mol. The van der Waals surface area contributed by atoms with Gasteiger partial charge in [0.15, 0.2) is 11.5 Å². The van der Waals surface area contributed by atoms with Crippen molar-refractivity contribution in [1.29, 1.82) is 0 Å². The van der Waals surface area contributed by atoms with Crippen LogP contribution in [0.3, 0.4) is 0 Å². The Balaban J connectivity index is 1.71. The van der Waals surface area contributed by atoms with Gasteiger partial charge >= 0.3 is 0 Å². The quantitative estimate of drug-likeness (QED) is 0.804. The highest BCUT2D eigenvalue weighted by Crippen LogP contribution is 2.75. The van der Waals surface area contributed by atoms with Crippen LogP contribution in [0.4, 0.5) is 0 Å². The summed E-state index contributed by atoms with van der Waals surface area (Å²) in [5, 5.41) is 22.3. The summed E-state index contributed by atoms with van der Waals surface area (Å²) in [5.41, 5.74) is 0.932. The number of phenols is 1. The van der Waals surface area contributed by atoms with Crippen LogP contribution in [0.5, 0.6) is 11.5 Å². The molecule has 1 saturated heterocycles. The predicted molar refractivity (Wildman–Crippen MR) is 94.3 cm³/mol. The Morgan fingerprint density at radius 2 is 2.12 bits per heavy atom. The number of carbonyl (C=O) groups is 1. The number of benzene rings is 1. The normalized spacial score (nSPS) is 47.4. The fourth-order valence-electron chi connectivity index (χ4n) is 7.83. The van der Waals surface area contributed by atoms with E-state index in [0.717, 1.165) is 37.8 Å². The molecular formula is C21H25NO4. The lowest BCUT2D eigenvalue weighted by atomic mass is 9.34. The zero-order valence-electron chi connectivity index (χ0n) is 15.3. The first-order chi connectivity index (χ1) is 12.3. The average Bonchev–Trinajstić information content (AvgIpc) is 2.98. The van der Waals surface area contributed by atoms with Crippen molar-refractivity contribution in [3.05, 3.63) is 23.3 Å². The lowest BCUT2D eigenvalue weighted by Gasteiger charge is -2.72. The van der Waals surface area contributed by atoms with Crippen molar-refractivity contribution in [1.82, 2.24) is 4.90 Å². The number of carbonyl (C=O) groups excluding carboxylic acids is 1. The molecule has 4 aliphatic carbocycles. The fraction of sp³-hybridized carbons (Fsp3) is 0.667. The van der Waals surface area contributed by atoms with Gasteiger partial charge in [0, 0.05) is 22.4 Å². The molecule has 2 N–H and O–H groups in total. The Kier molecular flexibility index (Phi) is 2.55. The van der Waals surface area contributed by atoms with E-state index in [1.165, 1.54) is 5.56 Å². The number of ketones is 1. The van der Waals surface area contributed by atoms with E-state index in [1.54, 1.807) is 13.0 Å². The second-order valence-corrected chi connectivity index (χ2v) is 9.38. The maximum atomic E-state index is 12.5. The first kappa shape index (κ1) is 15.5. The predicted octanol–water partition coefficient (Wildman–Crippen LogP) is 1.77. The number of hydrogen-bond donors (Lipinski definition) is 2. The molecule has 2 heterocycles. The van der Waals surface area contributed by atoms with Gasteiger partial charge in [-0.05, 0) is 64.3 Å². The zero-order chi connectivity index (χ0) is 18.1. The van der Waals surface area contributed by atoms with Gasteiger partial charge in [-0.2, -0.15) is 0 Å². The second-order valence-electron chi connectivity index (χ2n) is 9.38. The number of rotatable bonds is 1. The minimum atomic E-state index is -1.13. The summed E-state index contributed by atoms with van der Waals surface area (Å²) in [7, 11) is 2.20. The molecule has 5 heteroatoms. The Labute approximate surface area is 152 Å². The molecule has 2 aliphatic heterocycles. The molecule has 7 rings (SSSR count). The van der Waals surface area contributed by atoms with E-state index in [2.05, 4.69) is 11.9 Å². The van der Waals surface area contributed by atoms with Crippen molar-refractivity contribution in [3.8, 4) is 11.5 Å². The summed E-state index contributed by atoms with van der Waals surface area (Å²) in [6, 6.07) is 4.12. The fourth-order valence-corrected chi connectivity index (χ4v) is 7.83. The van der Waals surface area contributed by atoms with E-state index < -0.39 is 11.7 Å². The summed E-state index contributed by atoms with van der Waals surface area (Å²) in [4.78, 5) is 15.0. The lowest BCUT2D eigenvalue weighted by molar-refractivity contribution is -0.261. The number of nitrogens with zero attached hydrogens (tertiary/aromatic N) is 1. The van der Waals surface area contributed by atoms with Crippen LogP contribution in [0.1, 0.15) is 43.7 Å². The number of ether oxygens (including phenoxy) is 1. The third-order valence-corrected chi connectivity index (χ3v) is 8.77. The van der Waals surface area contributed by atoms with Crippen LogP contribution < -0.4 is 4.74 Å². The van der Waals surface area contributed by atoms with Gasteiger partial charge in [0.25, 0.3) is 0 Å². The molecule has 5 nitrogen and oxygen atoms in total. The molecule has 0 amide bonds. The summed E-state index contributed by atoms with van der Waals surface area (Å²) in [6.07, 6.45) is 3.70. The molecule has 138 valence electrons. The number of piperidine rings is 1. The van der Waals surface area contributed by atoms with Crippen LogP contribution in [0.15, 0.2) is 12.1 Å². The van der Waals surface area contributed by atoms with Crippen LogP contribution in [-0.4, -0.2) is 52.2 Å². The summed E-state index contributed by atoms with van der Waals surface area (Å²) in [5.74, 6) is 0.435. The molecule has 6 atom stereocenters. The SMILES string of the molecule is CC(=O)[C@H]1C[C@@]23CC[C@]1(O)[C@@H]1Oc4c(O)ccc5c4[C@@]12CCN(C)[C@@H]3C5. The summed E-state index contributed by atoms with van der Waals surface area (Å²) >= 11 is 0. The van der Waals surface area contributed by atoms with Crippen LogP contribution in [-0.2, 0) is 16.6 Å². The van der Waals surface area contributed by atoms with Crippen LogP contribution in [0, 0.1) is 11.3 Å². The number of aliphatic hydroxyl groups is 1. The first-order valence-electron chi connectivity index (χ1n) is 9.80. The van der Waals surface area contributed by atoms with Crippen LogP contribution in [0.25, 0.3) is 0 Å². The highest BCUT2D eigenvalue weighted by molar-refractivity contribution is 5.81. The minimum Gasteiger partial charge on any atom is -0.504 e. The van der Waals surface area contributed by atoms with Crippen LogP contribution >= 0.6 is 0 Å². The highest BCUT2D eigenvalue weighted by atomic mass is 16.5. The van der Waals surface area contributed by atoms with Gasteiger partial charge in [-0.15, -0.1) is 0 Å². The summed E-state index contributed by atoms with van der Waals surface area (Å²) < 4.78 is 6.39. The molecule has 1 aromatic carbocycles. The molecule has 0 aromatic heterocycles. The van der Waals surface area contributed by atoms with Gasteiger partial charge in [0.2, 0.25) is 0 Å². The number of likely N-dealkylation sites (N-methyl/N-ethyl adjacent to an activating group) is 1. The van der Waals surface area contributed by atoms with E-state index in [9.17, 15) is 15.0 Å². The number of aromatic hydroxyl groups is 1. The Morgan fingerprint density at radius 3 is 2.88 bits per heavy atom. The largest absolute Gasteiger partial charge is 0.504 e. The molecule has 3 saturated carbocycles. The van der Waals surface area contributed by atoms with Gasteiger partial charge in [0.05, 0.1) is 5.92 Å². The van der Waals surface area contributed by atoms with Crippen molar-refractivity contribution in [2.24, 2.45) is 11.3 Å². The number of likely N-dealkylation sites (tertiary alicyclic amines) is 1. The van der Waals surface area contributed by atoms with E-state index in [1.807, 2.05) is 6.07 Å². The standard InChI is InChI=1S/C21H25NO4/c1-11(23)13-10-19-5-6-21(13,25)18-20(19)7-8-22(2)15(19)9-12-3-4-14(24)17(26-18)16(12)20/h3-4,13,15,18,24-25H,5-10H2,1-2H3/t13-,15-,18-,19-,20+,21-/m1/s1. The molecular weight excluding hydrogens is 330 g/mol. The number of fused-ring (bicyclic) bond motifs is 2.